The van der Waals surface area contributed by atoms with Crippen LogP contribution < -0.4 is 5.32 Å². The van der Waals surface area contributed by atoms with E-state index in [1.807, 2.05) is 75.4 Å². The molecule has 0 saturated heterocycles. The molecule has 0 aliphatic rings. The average Bonchev–Trinajstić information content (AvgIpc) is 3.18. The number of amides is 2. The first-order valence-electron chi connectivity index (χ1n) is 11.2. The third-order valence-corrected chi connectivity index (χ3v) is 6.84. The number of nitrogens with zero attached hydrogens (tertiary/aromatic N) is 3. The van der Waals surface area contributed by atoms with Gasteiger partial charge in [-0.1, -0.05) is 66.2 Å². The molecule has 3 rings (SSSR count). The molecular formula is C26H32N4O3S. The first kappa shape index (κ1) is 25.2. The summed E-state index contributed by atoms with van der Waals surface area (Å²) in [6.07, 6.45) is 3.19. The zero-order valence-corrected chi connectivity index (χ0v) is 20.8. The van der Waals surface area contributed by atoms with E-state index in [0.717, 1.165) is 11.1 Å². The van der Waals surface area contributed by atoms with Crippen molar-refractivity contribution in [3.63, 3.8) is 0 Å². The maximum absolute atomic E-state index is 13.4. The Labute approximate surface area is 202 Å². The van der Waals surface area contributed by atoms with E-state index in [1.54, 1.807) is 21.7 Å². The monoisotopic (exact) mass is 480 g/mol. The minimum Gasteiger partial charge on any atom is -0.336 e. The second kappa shape index (κ2) is 11.2. The van der Waals surface area contributed by atoms with Gasteiger partial charge in [-0.05, 0) is 31.9 Å². The van der Waals surface area contributed by atoms with Crippen LogP contribution in [0.2, 0.25) is 0 Å². The standard InChI is InChI=1S/C26H32N4O3S/c1-5-15-29(25(31)28-20(2)3)18-24-16-27-26(30(24)17-22-9-7-6-8-10-22)34(32,33)19-23-13-11-21(4)12-14-23/h5-14,16,20H,1,15,17-19H2,2-4H3,(H,28,31). The van der Waals surface area contributed by atoms with Crippen LogP contribution in [0.15, 0.2) is 78.6 Å². The van der Waals surface area contributed by atoms with Gasteiger partial charge in [0.2, 0.25) is 15.0 Å². The molecule has 0 saturated carbocycles. The summed E-state index contributed by atoms with van der Waals surface area (Å²) in [7, 11) is -3.73. The molecule has 0 spiro atoms. The SMILES string of the molecule is C=CCN(Cc1cnc(S(=O)(=O)Cc2ccc(C)cc2)n1Cc1ccccc1)C(=O)NC(C)C. The van der Waals surface area contributed by atoms with Crippen molar-refractivity contribution in [1.82, 2.24) is 19.8 Å². The molecule has 180 valence electrons. The lowest BCUT2D eigenvalue weighted by Crippen LogP contribution is -2.43. The summed E-state index contributed by atoms with van der Waals surface area (Å²) >= 11 is 0. The van der Waals surface area contributed by atoms with E-state index in [-0.39, 0.29) is 29.5 Å². The predicted octanol–water partition coefficient (Wildman–Crippen LogP) is 4.32. The van der Waals surface area contributed by atoms with Gasteiger partial charge < -0.3 is 14.8 Å². The highest BCUT2D eigenvalue weighted by Gasteiger charge is 2.26. The van der Waals surface area contributed by atoms with Gasteiger partial charge in [0, 0.05) is 12.6 Å². The van der Waals surface area contributed by atoms with Gasteiger partial charge in [0.1, 0.15) is 0 Å². The Morgan fingerprint density at radius 1 is 1.12 bits per heavy atom. The van der Waals surface area contributed by atoms with Crippen molar-refractivity contribution in [2.24, 2.45) is 0 Å². The number of hydrogen-bond donors (Lipinski definition) is 1. The van der Waals surface area contributed by atoms with Crippen LogP contribution in [-0.2, 0) is 28.7 Å². The molecule has 0 aliphatic carbocycles. The highest BCUT2D eigenvalue weighted by Crippen LogP contribution is 2.21. The molecule has 34 heavy (non-hydrogen) atoms. The van der Waals surface area contributed by atoms with Gasteiger partial charge in [0.15, 0.2) is 0 Å². The number of aromatic nitrogens is 2. The molecular weight excluding hydrogens is 448 g/mol. The second-order valence-electron chi connectivity index (χ2n) is 8.62. The summed E-state index contributed by atoms with van der Waals surface area (Å²) < 4.78 is 28.5. The number of rotatable bonds is 10. The Kier molecular flexibility index (Phi) is 8.28. The minimum absolute atomic E-state index is 0.00486. The molecule has 0 unspecified atom stereocenters. The largest absolute Gasteiger partial charge is 0.336 e. The Morgan fingerprint density at radius 2 is 1.79 bits per heavy atom. The zero-order chi connectivity index (χ0) is 24.7. The van der Waals surface area contributed by atoms with Crippen molar-refractivity contribution in [1.29, 1.82) is 0 Å². The van der Waals surface area contributed by atoms with Crippen molar-refractivity contribution in [2.45, 2.75) is 50.8 Å². The van der Waals surface area contributed by atoms with E-state index >= 15 is 0 Å². The zero-order valence-electron chi connectivity index (χ0n) is 19.9. The Morgan fingerprint density at radius 3 is 2.41 bits per heavy atom. The van der Waals surface area contributed by atoms with Crippen LogP contribution in [0.4, 0.5) is 4.79 Å². The molecule has 3 aromatic rings. The van der Waals surface area contributed by atoms with Crippen LogP contribution in [0, 0.1) is 6.92 Å². The van der Waals surface area contributed by atoms with Crippen LogP contribution in [0.25, 0.3) is 0 Å². The lowest BCUT2D eigenvalue weighted by molar-refractivity contribution is 0.197. The minimum atomic E-state index is -3.73. The van der Waals surface area contributed by atoms with Crippen LogP contribution in [0.1, 0.15) is 36.2 Å². The van der Waals surface area contributed by atoms with Crippen molar-refractivity contribution in [3.8, 4) is 0 Å². The van der Waals surface area contributed by atoms with Gasteiger partial charge in [-0.2, -0.15) is 0 Å². The van der Waals surface area contributed by atoms with Gasteiger partial charge in [-0.3, -0.25) is 0 Å². The lowest BCUT2D eigenvalue weighted by atomic mass is 10.2. The fraction of sp³-hybridized carbons (Fsp3) is 0.308. The molecule has 0 bridgehead atoms. The maximum Gasteiger partial charge on any atom is 0.318 e. The van der Waals surface area contributed by atoms with Gasteiger partial charge in [0.25, 0.3) is 0 Å². The normalized spacial score (nSPS) is 11.4. The van der Waals surface area contributed by atoms with Gasteiger partial charge in [0.05, 0.1) is 30.7 Å². The number of nitrogens with one attached hydrogen (secondary N) is 1. The fourth-order valence-electron chi connectivity index (χ4n) is 3.58. The highest BCUT2D eigenvalue weighted by atomic mass is 32.2. The molecule has 0 fully saturated rings. The summed E-state index contributed by atoms with van der Waals surface area (Å²) in [6.45, 7) is 10.3. The maximum atomic E-state index is 13.4. The third kappa shape index (κ3) is 6.57. The number of carbonyl (C=O) groups is 1. The van der Waals surface area contributed by atoms with Crippen LogP contribution in [-0.4, -0.2) is 41.5 Å². The molecule has 2 aromatic carbocycles. The van der Waals surface area contributed by atoms with Gasteiger partial charge in [-0.15, -0.1) is 6.58 Å². The number of carbonyl (C=O) groups excluding carboxylic acids is 1. The smallest absolute Gasteiger partial charge is 0.318 e. The summed E-state index contributed by atoms with van der Waals surface area (Å²) in [5.41, 5.74) is 3.34. The first-order valence-corrected chi connectivity index (χ1v) is 12.9. The molecule has 0 aliphatic heterocycles. The molecule has 1 aromatic heterocycles. The fourth-order valence-corrected chi connectivity index (χ4v) is 5.07. The van der Waals surface area contributed by atoms with Gasteiger partial charge in [-0.25, -0.2) is 18.2 Å². The van der Waals surface area contributed by atoms with Crippen LogP contribution >= 0.6 is 0 Å². The van der Waals surface area contributed by atoms with E-state index in [4.69, 9.17) is 0 Å². The highest BCUT2D eigenvalue weighted by molar-refractivity contribution is 7.90. The summed E-state index contributed by atoms with van der Waals surface area (Å²) in [5.74, 6) is -0.150. The van der Waals surface area contributed by atoms with Crippen molar-refractivity contribution in [3.05, 3.63) is 95.8 Å². The van der Waals surface area contributed by atoms with Gasteiger partial charge >= 0.3 is 6.03 Å². The average molecular weight is 481 g/mol. The number of hydrogen-bond acceptors (Lipinski definition) is 4. The molecule has 0 atom stereocenters. The Bertz CT molecular complexity index is 1220. The van der Waals surface area contributed by atoms with Crippen LogP contribution in [0.5, 0.6) is 0 Å². The van der Waals surface area contributed by atoms with Crippen molar-refractivity contribution < 1.29 is 13.2 Å². The molecule has 2 amide bonds. The Hall–Kier alpha value is -3.39. The lowest BCUT2D eigenvalue weighted by Gasteiger charge is -2.24. The quantitative estimate of drug-likeness (QED) is 0.438. The number of benzene rings is 2. The van der Waals surface area contributed by atoms with E-state index in [9.17, 15) is 13.2 Å². The van der Waals surface area contributed by atoms with Crippen LogP contribution in [0.3, 0.4) is 0 Å². The number of imidazole rings is 1. The molecule has 8 heteroatoms. The van der Waals surface area contributed by atoms with Crippen molar-refractivity contribution >= 4 is 15.9 Å². The summed E-state index contributed by atoms with van der Waals surface area (Å²) in [4.78, 5) is 18.6. The Balaban J connectivity index is 1.98. The second-order valence-corrected chi connectivity index (χ2v) is 10.5. The first-order chi connectivity index (χ1) is 16.2. The van der Waals surface area contributed by atoms with E-state index in [2.05, 4.69) is 16.9 Å². The molecule has 7 nitrogen and oxygen atoms in total. The summed E-state index contributed by atoms with van der Waals surface area (Å²) in [6, 6.07) is 16.8. The number of urea groups is 1. The topological polar surface area (TPSA) is 84.3 Å². The predicted molar refractivity (Wildman–Crippen MR) is 134 cm³/mol. The molecule has 0 radical (unpaired) electrons. The number of sulfone groups is 1. The van der Waals surface area contributed by atoms with Crippen molar-refractivity contribution in [2.75, 3.05) is 6.54 Å². The van der Waals surface area contributed by atoms with E-state index in [1.165, 1.54) is 0 Å². The molecule has 1 N–H and O–H groups in total. The van der Waals surface area contributed by atoms with E-state index in [0.29, 0.717) is 24.3 Å². The number of aryl methyl sites for hydroxylation is 1. The molecule has 1 heterocycles. The third-order valence-electron chi connectivity index (χ3n) is 5.24. The van der Waals surface area contributed by atoms with E-state index < -0.39 is 9.84 Å². The summed E-state index contributed by atoms with van der Waals surface area (Å²) in [5, 5.41) is 2.88.